The third-order valence-corrected chi connectivity index (χ3v) is 4.46. The van der Waals surface area contributed by atoms with Crippen LogP contribution in [0.5, 0.6) is 0 Å². The summed E-state index contributed by atoms with van der Waals surface area (Å²) in [4.78, 5) is 14.5. The second kappa shape index (κ2) is 5.81. The van der Waals surface area contributed by atoms with Gasteiger partial charge in [0.05, 0.1) is 5.69 Å². The van der Waals surface area contributed by atoms with Crippen LogP contribution >= 0.6 is 0 Å². The molecule has 2 rings (SSSR count). The monoisotopic (exact) mass is 276 g/mol. The number of anilines is 1. The predicted octanol–water partition coefficient (Wildman–Crippen LogP) is 1.49. The lowest BCUT2D eigenvalue weighted by atomic mass is 9.75. The average Bonchev–Trinajstić information content (AvgIpc) is 2.36. The van der Waals surface area contributed by atoms with Gasteiger partial charge in [-0.2, -0.15) is 0 Å². The molecule has 1 aromatic carbocycles. The van der Waals surface area contributed by atoms with Crippen molar-refractivity contribution in [1.29, 1.82) is 0 Å². The van der Waals surface area contributed by atoms with E-state index in [1.807, 2.05) is 19.1 Å². The Kier molecular flexibility index (Phi) is 4.30. The number of nitrogens with zero attached hydrogens (tertiary/aromatic N) is 1. The fraction of sp³-hybridized carbons (Fsp3) is 0.533. The van der Waals surface area contributed by atoms with Crippen LogP contribution in [0.25, 0.3) is 0 Å². The fourth-order valence-corrected chi connectivity index (χ4v) is 2.68. The van der Waals surface area contributed by atoms with Gasteiger partial charge in [0.1, 0.15) is 0 Å². The van der Waals surface area contributed by atoms with E-state index in [4.69, 9.17) is 5.84 Å². The van der Waals surface area contributed by atoms with Crippen LogP contribution in [0.2, 0.25) is 0 Å². The van der Waals surface area contributed by atoms with E-state index in [1.165, 1.54) is 6.42 Å². The lowest BCUT2D eigenvalue weighted by Crippen LogP contribution is -2.57. The van der Waals surface area contributed by atoms with Crippen molar-refractivity contribution < 1.29 is 4.79 Å². The van der Waals surface area contributed by atoms with Crippen LogP contribution in [0.4, 0.5) is 5.69 Å². The summed E-state index contributed by atoms with van der Waals surface area (Å²) in [7, 11) is 4.16. The van der Waals surface area contributed by atoms with Crippen molar-refractivity contribution in [3.8, 4) is 0 Å². The number of carbonyl (C=O) groups excluding carboxylic acids is 1. The molecule has 1 fully saturated rings. The average molecular weight is 276 g/mol. The van der Waals surface area contributed by atoms with Crippen molar-refractivity contribution in [2.45, 2.75) is 31.7 Å². The van der Waals surface area contributed by atoms with Gasteiger partial charge in [0.2, 0.25) is 0 Å². The number of hydrogen-bond donors (Lipinski definition) is 3. The van der Waals surface area contributed by atoms with Gasteiger partial charge < -0.3 is 15.6 Å². The number of aryl methyl sites for hydroxylation is 1. The van der Waals surface area contributed by atoms with Crippen LogP contribution < -0.4 is 16.6 Å². The highest BCUT2D eigenvalue weighted by Gasteiger charge is 2.39. The summed E-state index contributed by atoms with van der Waals surface area (Å²) in [6.07, 6.45) is 3.54. The molecule has 5 heteroatoms. The summed E-state index contributed by atoms with van der Waals surface area (Å²) in [5.74, 6) is 5.37. The van der Waals surface area contributed by atoms with Crippen molar-refractivity contribution in [2.24, 2.45) is 5.84 Å². The number of nitrogens with two attached hydrogens (primary N) is 1. The molecule has 0 unspecified atom stereocenters. The smallest absolute Gasteiger partial charge is 0.251 e. The zero-order valence-electron chi connectivity index (χ0n) is 12.5. The Morgan fingerprint density at radius 1 is 1.40 bits per heavy atom. The van der Waals surface area contributed by atoms with Gasteiger partial charge >= 0.3 is 0 Å². The van der Waals surface area contributed by atoms with Crippen molar-refractivity contribution >= 4 is 11.6 Å². The summed E-state index contributed by atoms with van der Waals surface area (Å²) in [5.41, 5.74) is 5.23. The predicted molar refractivity (Wildman–Crippen MR) is 81.6 cm³/mol. The number of carbonyl (C=O) groups is 1. The van der Waals surface area contributed by atoms with Crippen LogP contribution in [0.15, 0.2) is 18.2 Å². The van der Waals surface area contributed by atoms with Crippen molar-refractivity contribution in [3.63, 3.8) is 0 Å². The number of benzene rings is 1. The first-order valence-corrected chi connectivity index (χ1v) is 7.01. The van der Waals surface area contributed by atoms with Gasteiger partial charge in [-0.1, -0.05) is 0 Å². The third-order valence-electron chi connectivity index (χ3n) is 4.46. The maximum Gasteiger partial charge on any atom is 0.251 e. The first-order valence-electron chi connectivity index (χ1n) is 7.01. The largest absolute Gasteiger partial charge is 0.350 e. The Balaban J connectivity index is 2.00. The zero-order chi connectivity index (χ0) is 14.8. The molecule has 0 spiro atoms. The number of hydrazine groups is 1. The SMILES string of the molecule is Cc1cc(C(=O)NCC2(N(C)C)CCC2)ccc1NN. The molecule has 1 aromatic rings. The van der Waals surface area contributed by atoms with Gasteiger partial charge in [-0.15, -0.1) is 0 Å². The van der Waals surface area contributed by atoms with Gasteiger partial charge in [0.25, 0.3) is 5.91 Å². The molecule has 0 atom stereocenters. The highest BCUT2D eigenvalue weighted by Crippen LogP contribution is 2.35. The van der Waals surface area contributed by atoms with E-state index in [9.17, 15) is 4.79 Å². The molecule has 1 saturated carbocycles. The normalized spacial score (nSPS) is 16.6. The Labute approximate surface area is 120 Å². The van der Waals surface area contributed by atoms with Gasteiger partial charge in [-0.25, -0.2) is 0 Å². The lowest BCUT2D eigenvalue weighted by Gasteiger charge is -2.47. The molecule has 0 saturated heterocycles. The Morgan fingerprint density at radius 2 is 2.10 bits per heavy atom. The van der Waals surface area contributed by atoms with Crippen LogP contribution in [0.1, 0.15) is 35.2 Å². The second-order valence-electron chi connectivity index (χ2n) is 5.83. The summed E-state index contributed by atoms with van der Waals surface area (Å²) in [6, 6.07) is 5.48. The molecule has 1 amide bonds. The highest BCUT2D eigenvalue weighted by atomic mass is 16.1. The van der Waals surface area contributed by atoms with E-state index in [0.29, 0.717) is 12.1 Å². The Morgan fingerprint density at radius 3 is 2.55 bits per heavy atom. The molecule has 5 nitrogen and oxygen atoms in total. The maximum atomic E-state index is 12.2. The molecular weight excluding hydrogens is 252 g/mol. The zero-order valence-corrected chi connectivity index (χ0v) is 12.5. The molecule has 0 aliphatic heterocycles. The quantitative estimate of drug-likeness (QED) is 0.563. The molecule has 4 N–H and O–H groups in total. The van der Waals surface area contributed by atoms with Gasteiger partial charge in [0, 0.05) is 17.6 Å². The van der Waals surface area contributed by atoms with Crippen LogP contribution in [-0.2, 0) is 0 Å². The number of amides is 1. The van der Waals surface area contributed by atoms with E-state index in [2.05, 4.69) is 29.7 Å². The van der Waals surface area contributed by atoms with Gasteiger partial charge in [-0.05, 0) is 64.0 Å². The first kappa shape index (κ1) is 14.8. The van der Waals surface area contributed by atoms with Gasteiger partial charge in [0.15, 0.2) is 0 Å². The van der Waals surface area contributed by atoms with Crippen molar-refractivity contribution in [1.82, 2.24) is 10.2 Å². The molecule has 0 radical (unpaired) electrons. The van der Waals surface area contributed by atoms with Crippen LogP contribution in [0, 0.1) is 6.92 Å². The highest BCUT2D eigenvalue weighted by molar-refractivity contribution is 5.94. The van der Waals surface area contributed by atoms with E-state index in [0.717, 1.165) is 24.1 Å². The molecule has 20 heavy (non-hydrogen) atoms. The first-order chi connectivity index (χ1) is 9.48. The van der Waals surface area contributed by atoms with E-state index in [1.54, 1.807) is 6.07 Å². The summed E-state index contributed by atoms with van der Waals surface area (Å²) in [5, 5.41) is 3.06. The van der Waals surface area contributed by atoms with E-state index in [-0.39, 0.29) is 11.4 Å². The lowest BCUT2D eigenvalue weighted by molar-refractivity contribution is 0.0557. The number of nitrogen functional groups attached to an aromatic ring is 1. The number of likely N-dealkylation sites (N-methyl/N-ethyl adjacent to an activating group) is 1. The minimum Gasteiger partial charge on any atom is -0.350 e. The number of rotatable bonds is 5. The Hall–Kier alpha value is -1.59. The number of nitrogens with one attached hydrogen (secondary N) is 2. The van der Waals surface area contributed by atoms with Gasteiger partial charge in [-0.3, -0.25) is 10.6 Å². The van der Waals surface area contributed by atoms with E-state index >= 15 is 0 Å². The molecular formula is C15H24N4O. The topological polar surface area (TPSA) is 70.4 Å². The minimum absolute atomic E-state index is 0.0233. The summed E-state index contributed by atoms with van der Waals surface area (Å²) in [6.45, 7) is 2.63. The molecule has 0 bridgehead atoms. The molecule has 0 heterocycles. The van der Waals surface area contributed by atoms with Crippen LogP contribution in [-0.4, -0.2) is 37.0 Å². The molecule has 1 aliphatic rings. The number of hydrogen-bond acceptors (Lipinski definition) is 4. The van der Waals surface area contributed by atoms with Crippen molar-refractivity contribution in [2.75, 3.05) is 26.1 Å². The van der Waals surface area contributed by atoms with Crippen molar-refractivity contribution in [3.05, 3.63) is 29.3 Å². The minimum atomic E-state index is -0.0233. The standard InChI is InChI=1S/C15H24N4O/c1-11-9-12(5-6-13(11)18-16)14(20)17-10-15(19(2)3)7-4-8-15/h5-6,9,18H,4,7-8,10,16H2,1-3H3,(H,17,20). The maximum absolute atomic E-state index is 12.2. The molecule has 0 aromatic heterocycles. The fourth-order valence-electron chi connectivity index (χ4n) is 2.68. The van der Waals surface area contributed by atoms with Crippen LogP contribution in [0.3, 0.4) is 0 Å². The second-order valence-corrected chi connectivity index (χ2v) is 5.83. The molecule has 110 valence electrons. The summed E-state index contributed by atoms with van der Waals surface area (Å²) >= 11 is 0. The third kappa shape index (κ3) is 2.78. The summed E-state index contributed by atoms with van der Waals surface area (Å²) < 4.78 is 0. The Bertz CT molecular complexity index is 495. The molecule has 1 aliphatic carbocycles. The van der Waals surface area contributed by atoms with E-state index < -0.39 is 0 Å².